The molecule has 1 saturated heterocycles. The average molecular weight is 303 g/mol. The first-order chi connectivity index (χ1) is 10.6. The molecule has 2 rings (SSSR count). The minimum absolute atomic E-state index is 0.0529. The van der Waals surface area contributed by atoms with E-state index in [1.807, 2.05) is 0 Å². The molecule has 3 amide bonds. The Morgan fingerprint density at radius 1 is 1.32 bits per heavy atom. The van der Waals surface area contributed by atoms with Crippen molar-refractivity contribution >= 4 is 17.6 Å². The molecule has 1 aromatic carbocycles. The highest BCUT2D eigenvalue weighted by Crippen LogP contribution is 2.24. The molecular formula is C16H21N3O3. The second-order valence-corrected chi connectivity index (χ2v) is 5.24. The molecule has 118 valence electrons. The maximum atomic E-state index is 12.2. The number of para-hydroxylation sites is 2. The zero-order chi connectivity index (χ0) is 15.9. The summed E-state index contributed by atoms with van der Waals surface area (Å²) in [4.78, 5) is 25.7. The van der Waals surface area contributed by atoms with Gasteiger partial charge in [0.05, 0.1) is 5.69 Å². The third kappa shape index (κ3) is 4.00. The van der Waals surface area contributed by atoms with E-state index in [9.17, 15) is 14.7 Å². The molecule has 22 heavy (non-hydrogen) atoms. The number of nitrogens with one attached hydrogen (secondary N) is 2. The number of amides is 3. The SMILES string of the molecule is C=CCNC(=O)N1CCC(C(=O)Nc2ccccc2O)CC1. The number of likely N-dealkylation sites (tertiary alicyclic amines) is 1. The number of piperidine rings is 1. The molecule has 0 unspecified atom stereocenters. The number of hydrogen-bond donors (Lipinski definition) is 3. The summed E-state index contributed by atoms with van der Waals surface area (Å²) in [6.45, 7) is 5.08. The van der Waals surface area contributed by atoms with Crippen molar-refractivity contribution in [3.05, 3.63) is 36.9 Å². The van der Waals surface area contributed by atoms with Crippen molar-refractivity contribution in [1.82, 2.24) is 10.2 Å². The normalized spacial score (nSPS) is 15.2. The molecule has 6 heteroatoms. The van der Waals surface area contributed by atoms with Crippen LogP contribution in [-0.2, 0) is 4.79 Å². The van der Waals surface area contributed by atoms with Gasteiger partial charge in [0.25, 0.3) is 0 Å². The zero-order valence-electron chi connectivity index (χ0n) is 12.4. The minimum atomic E-state index is -0.150. The summed E-state index contributed by atoms with van der Waals surface area (Å²) in [7, 11) is 0. The molecule has 0 saturated carbocycles. The number of urea groups is 1. The highest BCUT2D eigenvalue weighted by atomic mass is 16.3. The predicted octanol–water partition coefficient (Wildman–Crippen LogP) is 1.94. The second-order valence-electron chi connectivity index (χ2n) is 5.24. The van der Waals surface area contributed by atoms with Crippen molar-refractivity contribution in [2.24, 2.45) is 5.92 Å². The number of carbonyl (C=O) groups is 2. The topological polar surface area (TPSA) is 81.7 Å². The van der Waals surface area contributed by atoms with E-state index in [0.717, 1.165) is 0 Å². The van der Waals surface area contributed by atoms with E-state index in [1.54, 1.807) is 29.2 Å². The van der Waals surface area contributed by atoms with E-state index in [1.165, 1.54) is 6.07 Å². The van der Waals surface area contributed by atoms with Crippen molar-refractivity contribution in [3.63, 3.8) is 0 Å². The lowest BCUT2D eigenvalue weighted by Gasteiger charge is -2.31. The third-order valence-corrected chi connectivity index (χ3v) is 3.71. The largest absolute Gasteiger partial charge is 0.506 e. The number of rotatable bonds is 4. The monoisotopic (exact) mass is 303 g/mol. The van der Waals surface area contributed by atoms with Gasteiger partial charge in [0, 0.05) is 25.6 Å². The van der Waals surface area contributed by atoms with Crippen LogP contribution in [0.1, 0.15) is 12.8 Å². The summed E-state index contributed by atoms with van der Waals surface area (Å²) < 4.78 is 0. The Morgan fingerprint density at radius 2 is 2.00 bits per heavy atom. The molecule has 0 aromatic heterocycles. The van der Waals surface area contributed by atoms with Crippen molar-refractivity contribution in [3.8, 4) is 5.75 Å². The molecule has 0 atom stereocenters. The van der Waals surface area contributed by atoms with E-state index >= 15 is 0 Å². The van der Waals surface area contributed by atoms with Gasteiger partial charge in [-0.3, -0.25) is 4.79 Å². The molecule has 0 bridgehead atoms. The van der Waals surface area contributed by atoms with Gasteiger partial charge in [0.15, 0.2) is 0 Å². The van der Waals surface area contributed by atoms with Gasteiger partial charge in [-0.25, -0.2) is 4.79 Å². The molecular weight excluding hydrogens is 282 g/mol. The van der Waals surface area contributed by atoms with Gasteiger partial charge in [-0.2, -0.15) is 0 Å². The molecule has 1 heterocycles. The smallest absolute Gasteiger partial charge is 0.317 e. The van der Waals surface area contributed by atoms with E-state index in [2.05, 4.69) is 17.2 Å². The summed E-state index contributed by atoms with van der Waals surface area (Å²) in [6.07, 6.45) is 2.85. The maximum Gasteiger partial charge on any atom is 0.317 e. The van der Waals surface area contributed by atoms with Gasteiger partial charge in [-0.05, 0) is 25.0 Å². The lowest BCUT2D eigenvalue weighted by Crippen LogP contribution is -2.46. The van der Waals surface area contributed by atoms with Crippen LogP contribution in [0.25, 0.3) is 0 Å². The average Bonchev–Trinajstić information content (AvgIpc) is 2.55. The Kier molecular flexibility index (Phi) is 5.41. The lowest BCUT2D eigenvalue weighted by molar-refractivity contribution is -0.121. The summed E-state index contributed by atoms with van der Waals surface area (Å²) in [6, 6.07) is 6.51. The molecule has 1 aromatic rings. The van der Waals surface area contributed by atoms with Gasteiger partial charge in [-0.15, -0.1) is 6.58 Å². The van der Waals surface area contributed by atoms with Crippen molar-refractivity contribution < 1.29 is 14.7 Å². The summed E-state index contributed by atoms with van der Waals surface area (Å²) in [5, 5.41) is 15.1. The fraction of sp³-hybridized carbons (Fsp3) is 0.375. The van der Waals surface area contributed by atoms with Crippen molar-refractivity contribution in [1.29, 1.82) is 0 Å². The first-order valence-corrected chi connectivity index (χ1v) is 7.34. The van der Waals surface area contributed by atoms with Gasteiger partial charge < -0.3 is 20.6 Å². The van der Waals surface area contributed by atoms with E-state index in [0.29, 0.717) is 38.2 Å². The number of carbonyl (C=O) groups excluding carboxylic acids is 2. The van der Waals surface area contributed by atoms with Crippen LogP contribution in [0.2, 0.25) is 0 Å². The van der Waals surface area contributed by atoms with Crippen molar-refractivity contribution in [2.75, 3.05) is 25.0 Å². The van der Waals surface area contributed by atoms with Gasteiger partial charge in [0.2, 0.25) is 5.91 Å². The van der Waals surface area contributed by atoms with Gasteiger partial charge >= 0.3 is 6.03 Å². The van der Waals surface area contributed by atoms with Crippen LogP contribution < -0.4 is 10.6 Å². The zero-order valence-corrected chi connectivity index (χ0v) is 12.4. The maximum absolute atomic E-state index is 12.2. The summed E-state index contributed by atoms with van der Waals surface area (Å²) in [5.41, 5.74) is 0.415. The van der Waals surface area contributed by atoms with Crippen LogP contribution in [0.15, 0.2) is 36.9 Å². The van der Waals surface area contributed by atoms with E-state index in [-0.39, 0.29) is 23.6 Å². The number of phenols is 1. The van der Waals surface area contributed by atoms with Crippen LogP contribution in [0.3, 0.4) is 0 Å². The highest BCUT2D eigenvalue weighted by molar-refractivity contribution is 5.94. The number of nitrogens with zero attached hydrogens (tertiary/aromatic N) is 1. The number of phenolic OH excluding ortho intramolecular Hbond substituents is 1. The standard InChI is InChI=1S/C16H21N3O3/c1-2-9-17-16(22)19-10-7-12(8-11-19)15(21)18-13-5-3-4-6-14(13)20/h2-6,12,20H,1,7-11H2,(H,17,22)(H,18,21). The lowest BCUT2D eigenvalue weighted by atomic mass is 9.96. The fourth-order valence-electron chi connectivity index (χ4n) is 2.43. The summed E-state index contributed by atoms with van der Waals surface area (Å²) in [5.74, 6) is -0.215. The Labute approximate surface area is 129 Å². The van der Waals surface area contributed by atoms with E-state index in [4.69, 9.17) is 0 Å². The highest BCUT2D eigenvalue weighted by Gasteiger charge is 2.27. The molecule has 3 N–H and O–H groups in total. The van der Waals surface area contributed by atoms with Crippen LogP contribution in [0.5, 0.6) is 5.75 Å². The first-order valence-electron chi connectivity index (χ1n) is 7.34. The number of aromatic hydroxyl groups is 1. The Balaban J connectivity index is 1.83. The molecule has 1 fully saturated rings. The Bertz CT molecular complexity index is 551. The number of hydrogen-bond acceptors (Lipinski definition) is 3. The number of anilines is 1. The minimum Gasteiger partial charge on any atom is -0.506 e. The fourth-order valence-corrected chi connectivity index (χ4v) is 2.43. The molecule has 0 radical (unpaired) electrons. The van der Waals surface area contributed by atoms with Crippen LogP contribution in [0, 0.1) is 5.92 Å². The van der Waals surface area contributed by atoms with Gasteiger partial charge in [0.1, 0.15) is 5.75 Å². The first kappa shape index (κ1) is 15.9. The molecule has 0 aliphatic carbocycles. The Hall–Kier alpha value is -2.50. The van der Waals surface area contributed by atoms with Crippen LogP contribution >= 0.6 is 0 Å². The van der Waals surface area contributed by atoms with E-state index < -0.39 is 0 Å². The van der Waals surface area contributed by atoms with Crippen molar-refractivity contribution in [2.45, 2.75) is 12.8 Å². The number of benzene rings is 1. The van der Waals surface area contributed by atoms with Crippen LogP contribution in [-0.4, -0.2) is 41.6 Å². The van der Waals surface area contributed by atoms with Crippen LogP contribution in [0.4, 0.5) is 10.5 Å². The molecule has 1 aliphatic rings. The van der Waals surface area contributed by atoms with Gasteiger partial charge in [-0.1, -0.05) is 18.2 Å². The second kappa shape index (κ2) is 7.49. The summed E-state index contributed by atoms with van der Waals surface area (Å²) >= 11 is 0. The predicted molar refractivity (Wildman–Crippen MR) is 84.6 cm³/mol. The molecule has 1 aliphatic heterocycles. The quantitative estimate of drug-likeness (QED) is 0.587. The Morgan fingerprint density at radius 3 is 2.64 bits per heavy atom. The third-order valence-electron chi connectivity index (χ3n) is 3.71. The molecule has 6 nitrogen and oxygen atoms in total. The molecule has 0 spiro atoms.